The average molecular weight is 289 g/mol. The van der Waals surface area contributed by atoms with E-state index in [9.17, 15) is 4.79 Å². The zero-order chi connectivity index (χ0) is 15.5. The Morgan fingerprint density at radius 1 is 1.19 bits per heavy atom. The third-order valence-corrected chi connectivity index (χ3v) is 4.10. The van der Waals surface area contributed by atoms with Crippen molar-refractivity contribution in [3.63, 3.8) is 0 Å². The van der Waals surface area contributed by atoms with E-state index in [4.69, 9.17) is 4.74 Å². The van der Waals surface area contributed by atoms with Crippen LogP contribution in [-0.4, -0.2) is 29.6 Å². The lowest BCUT2D eigenvalue weighted by Gasteiger charge is -2.39. The van der Waals surface area contributed by atoms with Crippen molar-refractivity contribution in [1.29, 1.82) is 0 Å². The molecule has 0 saturated carbocycles. The van der Waals surface area contributed by atoms with E-state index < -0.39 is 5.60 Å². The second kappa shape index (κ2) is 6.18. The van der Waals surface area contributed by atoms with Gasteiger partial charge in [0.25, 0.3) is 0 Å². The predicted molar refractivity (Wildman–Crippen MR) is 84.9 cm³/mol. The molecule has 2 rings (SSSR count). The van der Waals surface area contributed by atoms with Crippen LogP contribution in [0.3, 0.4) is 0 Å². The summed E-state index contributed by atoms with van der Waals surface area (Å²) in [6.45, 7) is 10.7. The Bertz CT molecular complexity index is 468. The molecule has 1 aromatic carbocycles. The maximum absolute atomic E-state index is 12.4. The first-order valence-corrected chi connectivity index (χ1v) is 7.78. The molecule has 3 nitrogen and oxygen atoms in total. The molecule has 0 atom stereocenters. The third kappa shape index (κ3) is 4.57. The van der Waals surface area contributed by atoms with Gasteiger partial charge < -0.3 is 4.74 Å². The normalized spacial score (nSPS) is 19.2. The summed E-state index contributed by atoms with van der Waals surface area (Å²) in [7, 11) is 0. The summed E-state index contributed by atoms with van der Waals surface area (Å²) in [6, 6.07) is 10.5. The lowest BCUT2D eigenvalue weighted by atomic mass is 9.80. The fourth-order valence-corrected chi connectivity index (χ4v) is 2.65. The molecule has 0 N–H and O–H groups in total. The fraction of sp³-hybridized carbons (Fsp3) is 0.611. The quantitative estimate of drug-likeness (QED) is 0.796. The molecular weight excluding hydrogens is 262 g/mol. The van der Waals surface area contributed by atoms with E-state index in [1.165, 1.54) is 5.56 Å². The van der Waals surface area contributed by atoms with Gasteiger partial charge in [-0.05, 0) is 59.2 Å². The van der Waals surface area contributed by atoms with Crippen molar-refractivity contribution in [2.45, 2.75) is 52.7 Å². The number of hydrogen-bond donors (Lipinski definition) is 0. The third-order valence-electron chi connectivity index (χ3n) is 4.10. The topological polar surface area (TPSA) is 29.5 Å². The first kappa shape index (κ1) is 16.0. The largest absolute Gasteiger partial charge is 0.460 e. The summed E-state index contributed by atoms with van der Waals surface area (Å²) in [5.41, 5.74) is 0.597. The van der Waals surface area contributed by atoms with Gasteiger partial charge in [-0.1, -0.05) is 30.3 Å². The molecule has 116 valence electrons. The van der Waals surface area contributed by atoms with Gasteiger partial charge in [0.1, 0.15) is 5.60 Å². The summed E-state index contributed by atoms with van der Waals surface area (Å²) < 4.78 is 5.58. The van der Waals surface area contributed by atoms with Crippen LogP contribution in [0.15, 0.2) is 30.3 Å². The number of carbonyl (C=O) groups excluding carboxylic acids is 1. The van der Waals surface area contributed by atoms with Gasteiger partial charge in [-0.15, -0.1) is 0 Å². The molecule has 1 saturated heterocycles. The molecule has 0 aromatic heterocycles. The van der Waals surface area contributed by atoms with Crippen molar-refractivity contribution in [2.75, 3.05) is 13.1 Å². The van der Waals surface area contributed by atoms with Crippen LogP contribution < -0.4 is 0 Å². The molecule has 0 radical (unpaired) electrons. The molecule has 1 aromatic rings. The first-order chi connectivity index (χ1) is 9.78. The number of esters is 1. The smallest absolute Gasteiger partial charge is 0.312 e. The van der Waals surface area contributed by atoms with E-state index in [0.29, 0.717) is 0 Å². The van der Waals surface area contributed by atoms with E-state index >= 15 is 0 Å². The highest BCUT2D eigenvalue weighted by molar-refractivity contribution is 5.77. The highest BCUT2D eigenvalue weighted by atomic mass is 16.6. The van der Waals surface area contributed by atoms with Crippen LogP contribution in [0.25, 0.3) is 0 Å². The summed E-state index contributed by atoms with van der Waals surface area (Å²) in [6.07, 6.45) is 1.74. The number of ether oxygens (including phenoxy) is 1. The number of piperidine rings is 1. The Balaban J connectivity index is 1.89. The van der Waals surface area contributed by atoms with E-state index in [2.05, 4.69) is 29.2 Å². The highest BCUT2D eigenvalue weighted by Gasteiger charge is 2.39. The minimum absolute atomic E-state index is 0.0469. The van der Waals surface area contributed by atoms with E-state index in [1.54, 1.807) is 0 Å². The summed E-state index contributed by atoms with van der Waals surface area (Å²) >= 11 is 0. The van der Waals surface area contributed by atoms with Crippen LogP contribution in [0.2, 0.25) is 0 Å². The molecule has 0 aliphatic carbocycles. The number of rotatable bonds is 3. The van der Waals surface area contributed by atoms with Gasteiger partial charge in [-0.25, -0.2) is 0 Å². The van der Waals surface area contributed by atoms with Crippen molar-refractivity contribution < 1.29 is 9.53 Å². The maximum Gasteiger partial charge on any atom is 0.312 e. The Kier molecular flexibility index (Phi) is 4.72. The lowest BCUT2D eigenvalue weighted by Crippen LogP contribution is -2.44. The molecule has 1 fully saturated rings. The molecule has 0 unspecified atom stereocenters. The van der Waals surface area contributed by atoms with Gasteiger partial charge in [-0.2, -0.15) is 0 Å². The van der Waals surface area contributed by atoms with Crippen LogP contribution in [0, 0.1) is 5.41 Å². The van der Waals surface area contributed by atoms with Crippen LogP contribution in [0.1, 0.15) is 46.1 Å². The predicted octanol–water partition coefficient (Wildman–Crippen LogP) is 3.63. The fourth-order valence-electron chi connectivity index (χ4n) is 2.65. The van der Waals surface area contributed by atoms with E-state index in [-0.39, 0.29) is 11.4 Å². The summed E-state index contributed by atoms with van der Waals surface area (Å²) in [5.74, 6) is -0.0469. The summed E-state index contributed by atoms with van der Waals surface area (Å²) in [5, 5.41) is 0. The van der Waals surface area contributed by atoms with E-state index in [1.807, 2.05) is 33.8 Å². The van der Waals surface area contributed by atoms with Gasteiger partial charge in [0.2, 0.25) is 0 Å². The lowest BCUT2D eigenvalue weighted by molar-refractivity contribution is -0.169. The SMILES string of the molecule is CC(C)(C)OC(=O)C1(C)CCN(Cc2ccccc2)CC1. The first-order valence-electron chi connectivity index (χ1n) is 7.78. The molecule has 21 heavy (non-hydrogen) atoms. The molecule has 1 aliphatic rings. The standard InChI is InChI=1S/C18H27NO2/c1-17(2,3)21-16(20)18(4)10-12-19(13-11-18)14-15-8-6-5-7-9-15/h5-9H,10-14H2,1-4H3. The maximum atomic E-state index is 12.4. The number of carbonyl (C=O) groups is 1. The Morgan fingerprint density at radius 2 is 1.76 bits per heavy atom. The second-order valence-electron chi connectivity index (χ2n) is 7.32. The van der Waals surface area contributed by atoms with Gasteiger partial charge in [-0.3, -0.25) is 9.69 Å². The number of hydrogen-bond acceptors (Lipinski definition) is 3. The van der Waals surface area contributed by atoms with Crippen LogP contribution in [0.5, 0.6) is 0 Å². The molecule has 0 bridgehead atoms. The Morgan fingerprint density at radius 3 is 2.29 bits per heavy atom. The Labute approximate surface area is 128 Å². The van der Waals surface area contributed by atoms with Gasteiger partial charge >= 0.3 is 5.97 Å². The van der Waals surface area contributed by atoms with E-state index in [0.717, 1.165) is 32.5 Å². The number of benzene rings is 1. The van der Waals surface area contributed by atoms with Crippen molar-refractivity contribution in [3.05, 3.63) is 35.9 Å². The summed E-state index contributed by atoms with van der Waals surface area (Å²) in [4.78, 5) is 14.8. The molecule has 0 amide bonds. The molecule has 0 spiro atoms. The second-order valence-corrected chi connectivity index (χ2v) is 7.32. The van der Waals surface area contributed by atoms with Crippen LogP contribution in [0.4, 0.5) is 0 Å². The monoisotopic (exact) mass is 289 g/mol. The Hall–Kier alpha value is -1.35. The van der Waals surface area contributed by atoms with Crippen molar-refractivity contribution in [1.82, 2.24) is 4.90 Å². The van der Waals surface area contributed by atoms with Crippen molar-refractivity contribution in [2.24, 2.45) is 5.41 Å². The minimum Gasteiger partial charge on any atom is -0.460 e. The molecular formula is C18H27NO2. The molecule has 1 heterocycles. The average Bonchev–Trinajstić information content (AvgIpc) is 2.41. The minimum atomic E-state index is -0.402. The van der Waals surface area contributed by atoms with Crippen LogP contribution >= 0.6 is 0 Å². The van der Waals surface area contributed by atoms with Crippen LogP contribution in [-0.2, 0) is 16.1 Å². The van der Waals surface area contributed by atoms with Gasteiger partial charge in [0.05, 0.1) is 5.41 Å². The zero-order valence-corrected chi connectivity index (χ0v) is 13.7. The zero-order valence-electron chi connectivity index (χ0n) is 13.7. The highest BCUT2D eigenvalue weighted by Crippen LogP contribution is 2.34. The molecule has 3 heteroatoms. The molecule has 1 aliphatic heterocycles. The van der Waals surface area contributed by atoms with Gasteiger partial charge in [0, 0.05) is 6.54 Å². The van der Waals surface area contributed by atoms with Crippen molar-refractivity contribution in [3.8, 4) is 0 Å². The number of likely N-dealkylation sites (tertiary alicyclic amines) is 1. The number of nitrogens with zero attached hydrogens (tertiary/aromatic N) is 1. The van der Waals surface area contributed by atoms with Crippen molar-refractivity contribution >= 4 is 5.97 Å². The van der Waals surface area contributed by atoms with Gasteiger partial charge in [0.15, 0.2) is 0 Å².